The van der Waals surface area contributed by atoms with Crippen LogP contribution in [0.25, 0.3) is 32.9 Å². The Labute approximate surface area is 121 Å². The minimum Gasteiger partial charge on any atom is -0.354 e. The van der Waals surface area contributed by atoms with E-state index in [0.29, 0.717) is 0 Å². The highest BCUT2D eigenvalue weighted by Crippen LogP contribution is 2.29. The van der Waals surface area contributed by atoms with E-state index in [1.807, 2.05) is 24.3 Å². The molecule has 0 spiro atoms. The Kier molecular flexibility index (Phi) is 2.54. The molecular weight excluding hydrogens is 266 g/mol. The Bertz CT molecular complexity index is 904. The van der Waals surface area contributed by atoms with Crippen LogP contribution in [0.2, 0.25) is 5.02 Å². The molecule has 1 heterocycles. The maximum absolute atomic E-state index is 5.94. The van der Waals surface area contributed by atoms with Crippen LogP contribution in [-0.4, -0.2) is 4.98 Å². The lowest BCUT2D eigenvalue weighted by Gasteiger charge is -2.02. The molecule has 0 aliphatic carbocycles. The van der Waals surface area contributed by atoms with Gasteiger partial charge in [0.2, 0.25) is 0 Å². The van der Waals surface area contributed by atoms with Crippen molar-refractivity contribution in [3.05, 3.63) is 71.8 Å². The molecule has 0 saturated heterocycles. The van der Waals surface area contributed by atoms with Gasteiger partial charge in [-0.2, -0.15) is 0 Å². The third kappa shape index (κ3) is 1.79. The molecule has 0 aliphatic rings. The van der Waals surface area contributed by atoms with Gasteiger partial charge in [0.15, 0.2) is 0 Å². The Balaban J connectivity index is 1.94. The first-order valence-corrected chi connectivity index (χ1v) is 6.95. The highest BCUT2D eigenvalue weighted by Gasteiger charge is 2.05. The molecule has 0 radical (unpaired) electrons. The fourth-order valence-corrected chi connectivity index (χ4v) is 2.80. The summed E-state index contributed by atoms with van der Waals surface area (Å²) in [5, 5.41) is 3.30. The highest BCUT2D eigenvalue weighted by molar-refractivity contribution is 6.30. The molecule has 4 aromatic rings. The topological polar surface area (TPSA) is 15.8 Å². The average molecular weight is 278 g/mol. The molecule has 2 heteroatoms. The van der Waals surface area contributed by atoms with Gasteiger partial charge in [0, 0.05) is 26.8 Å². The summed E-state index contributed by atoms with van der Waals surface area (Å²) in [5.41, 5.74) is 4.71. The van der Waals surface area contributed by atoms with Crippen molar-refractivity contribution < 1.29 is 0 Å². The Hall–Kier alpha value is -2.25. The third-order valence-corrected chi connectivity index (χ3v) is 3.94. The van der Waals surface area contributed by atoms with Gasteiger partial charge in [0.05, 0.1) is 0 Å². The van der Waals surface area contributed by atoms with Crippen molar-refractivity contribution in [2.75, 3.05) is 0 Å². The zero-order valence-electron chi connectivity index (χ0n) is 10.7. The zero-order chi connectivity index (χ0) is 13.5. The summed E-state index contributed by atoms with van der Waals surface area (Å²) in [6.07, 6.45) is 0. The van der Waals surface area contributed by atoms with E-state index < -0.39 is 0 Å². The van der Waals surface area contributed by atoms with E-state index in [-0.39, 0.29) is 0 Å². The fraction of sp³-hybridized carbons (Fsp3) is 0. The summed E-state index contributed by atoms with van der Waals surface area (Å²) in [6.45, 7) is 0. The molecular formula is C18H12ClN. The SMILES string of the molecule is Clc1ccc(-c2ccc3c(c2)[nH]c2ccccc23)cc1. The summed E-state index contributed by atoms with van der Waals surface area (Å²) in [6, 6.07) is 22.9. The lowest BCUT2D eigenvalue weighted by molar-refractivity contribution is 1.54. The van der Waals surface area contributed by atoms with Crippen LogP contribution in [0.3, 0.4) is 0 Å². The molecule has 0 saturated carbocycles. The summed E-state index contributed by atoms with van der Waals surface area (Å²) >= 11 is 5.94. The van der Waals surface area contributed by atoms with E-state index in [1.165, 1.54) is 32.9 Å². The van der Waals surface area contributed by atoms with Crippen LogP contribution in [0.4, 0.5) is 0 Å². The number of hydrogen-bond acceptors (Lipinski definition) is 0. The number of halogens is 1. The molecule has 1 N–H and O–H groups in total. The molecule has 0 bridgehead atoms. The first-order valence-electron chi connectivity index (χ1n) is 6.58. The van der Waals surface area contributed by atoms with E-state index in [0.717, 1.165) is 5.02 Å². The van der Waals surface area contributed by atoms with Gasteiger partial charge in [-0.1, -0.05) is 54.1 Å². The number of nitrogens with one attached hydrogen (secondary N) is 1. The van der Waals surface area contributed by atoms with Crippen LogP contribution in [0, 0.1) is 0 Å². The minimum atomic E-state index is 0.764. The van der Waals surface area contributed by atoms with Crippen molar-refractivity contribution >= 4 is 33.4 Å². The van der Waals surface area contributed by atoms with Gasteiger partial charge in [0.25, 0.3) is 0 Å². The first-order chi connectivity index (χ1) is 9.81. The zero-order valence-corrected chi connectivity index (χ0v) is 11.5. The molecule has 1 nitrogen and oxygen atoms in total. The number of fused-ring (bicyclic) bond motifs is 3. The third-order valence-electron chi connectivity index (χ3n) is 3.68. The second-order valence-corrected chi connectivity index (χ2v) is 5.37. The lowest BCUT2D eigenvalue weighted by Crippen LogP contribution is -1.77. The Morgan fingerprint density at radius 3 is 2.20 bits per heavy atom. The average Bonchev–Trinajstić information content (AvgIpc) is 2.85. The van der Waals surface area contributed by atoms with Gasteiger partial charge in [-0.3, -0.25) is 0 Å². The van der Waals surface area contributed by atoms with Crippen molar-refractivity contribution in [2.24, 2.45) is 0 Å². The molecule has 0 atom stereocenters. The molecule has 0 amide bonds. The maximum atomic E-state index is 5.94. The van der Waals surface area contributed by atoms with Gasteiger partial charge < -0.3 is 4.98 Å². The largest absolute Gasteiger partial charge is 0.354 e. The molecule has 1 aromatic heterocycles. The molecule has 0 unspecified atom stereocenters. The predicted molar refractivity (Wildman–Crippen MR) is 86.3 cm³/mol. The second kappa shape index (κ2) is 4.39. The number of rotatable bonds is 1. The number of benzene rings is 3. The van der Waals surface area contributed by atoms with Crippen LogP contribution < -0.4 is 0 Å². The van der Waals surface area contributed by atoms with E-state index >= 15 is 0 Å². The van der Waals surface area contributed by atoms with Crippen LogP contribution in [-0.2, 0) is 0 Å². The smallest absolute Gasteiger partial charge is 0.0471 e. The second-order valence-electron chi connectivity index (χ2n) is 4.94. The lowest BCUT2D eigenvalue weighted by atomic mass is 10.0. The van der Waals surface area contributed by atoms with Crippen LogP contribution >= 0.6 is 11.6 Å². The standard InChI is InChI=1S/C18H12ClN/c19-14-8-5-12(6-9-14)13-7-10-16-15-3-1-2-4-17(15)20-18(16)11-13/h1-11,20H. The van der Waals surface area contributed by atoms with Gasteiger partial charge in [-0.15, -0.1) is 0 Å². The van der Waals surface area contributed by atoms with E-state index in [4.69, 9.17) is 11.6 Å². The van der Waals surface area contributed by atoms with E-state index in [2.05, 4.69) is 47.4 Å². The first kappa shape index (κ1) is 11.6. The van der Waals surface area contributed by atoms with Crippen molar-refractivity contribution in [3.8, 4) is 11.1 Å². The summed E-state index contributed by atoms with van der Waals surface area (Å²) in [7, 11) is 0. The Morgan fingerprint density at radius 1 is 0.650 bits per heavy atom. The van der Waals surface area contributed by atoms with Crippen LogP contribution in [0.15, 0.2) is 66.7 Å². The van der Waals surface area contributed by atoms with Crippen molar-refractivity contribution in [1.82, 2.24) is 4.98 Å². The van der Waals surface area contributed by atoms with Gasteiger partial charge in [-0.25, -0.2) is 0 Å². The predicted octanol–water partition coefficient (Wildman–Crippen LogP) is 5.64. The van der Waals surface area contributed by atoms with Crippen molar-refractivity contribution in [3.63, 3.8) is 0 Å². The van der Waals surface area contributed by atoms with Gasteiger partial charge in [-0.05, 0) is 35.4 Å². The normalized spacial score (nSPS) is 11.2. The summed E-state index contributed by atoms with van der Waals surface area (Å²) < 4.78 is 0. The quantitative estimate of drug-likeness (QED) is 0.463. The summed E-state index contributed by atoms with van der Waals surface area (Å²) in [4.78, 5) is 3.47. The molecule has 4 rings (SSSR count). The molecule has 96 valence electrons. The molecule has 20 heavy (non-hydrogen) atoms. The number of H-pyrrole nitrogens is 1. The number of para-hydroxylation sites is 1. The van der Waals surface area contributed by atoms with Crippen molar-refractivity contribution in [2.45, 2.75) is 0 Å². The van der Waals surface area contributed by atoms with Crippen molar-refractivity contribution in [1.29, 1.82) is 0 Å². The summed E-state index contributed by atoms with van der Waals surface area (Å²) in [5.74, 6) is 0. The monoisotopic (exact) mass is 277 g/mol. The van der Waals surface area contributed by atoms with Crippen LogP contribution in [0.5, 0.6) is 0 Å². The molecule has 0 aliphatic heterocycles. The number of aromatic amines is 1. The van der Waals surface area contributed by atoms with Gasteiger partial charge >= 0.3 is 0 Å². The maximum Gasteiger partial charge on any atom is 0.0471 e. The van der Waals surface area contributed by atoms with Gasteiger partial charge in [0.1, 0.15) is 0 Å². The number of aromatic nitrogens is 1. The van der Waals surface area contributed by atoms with E-state index in [9.17, 15) is 0 Å². The molecule has 0 fully saturated rings. The molecule has 3 aromatic carbocycles. The Morgan fingerprint density at radius 2 is 1.35 bits per heavy atom. The van der Waals surface area contributed by atoms with E-state index in [1.54, 1.807) is 0 Å². The highest BCUT2D eigenvalue weighted by atomic mass is 35.5. The fourth-order valence-electron chi connectivity index (χ4n) is 2.68. The van der Waals surface area contributed by atoms with Crippen LogP contribution in [0.1, 0.15) is 0 Å². The minimum absolute atomic E-state index is 0.764. The number of hydrogen-bond donors (Lipinski definition) is 1.